The third-order valence-electron chi connectivity index (χ3n) is 4.16. The largest absolute Gasteiger partial charge is 0.381 e. The first-order valence-electron chi connectivity index (χ1n) is 7.48. The topological polar surface area (TPSA) is 67.6 Å². The molecule has 0 aliphatic carbocycles. The quantitative estimate of drug-likeness (QED) is 0.636. The van der Waals surface area contributed by atoms with Crippen LogP contribution in [-0.4, -0.2) is 70.5 Å². The van der Waals surface area contributed by atoms with E-state index < -0.39 is 0 Å². The summed E-state index contributed by atoms with van der Waals surface area (Å²) in [7, 11) is 5.72. The van der Waals surface area contributed by atoms with E-state index in [9.17, 15) is 0 Å². The molecule has 0 bridgehead atoms. The third kappa shape index (κ3) is 4.13. The van der Waals surface area contributed by atoms with Gasteiger partial charge in [0, 0.05) is 45.6 Å². The Morgan fingerprint density at radius 3 is 2.82 bits per heavy atom. The van der Waals surface area contributed by atoms with Crippen molar-refractivity contribution in [2.24, 2.45) is 12.0 Å². The van der Waals surface area contributed by atoms with E-state index in [0.717, 1.165) is 44.4 Å². The molecule has 0 radical (unpaired) electrons. The zero-order valence-electron chi connectivity index (χ0n) is 13.9. The van der Waals surface area contributed by atoms with Crippen molar-refractivity contribution in [3.8, 4) is 0 Å². The van der Waals surface area contributed by atoms with Crippen molar-refractivity contribution in [2.75, 3.05) is 40.1 Å². The van der Waals surface area contributed by atoms with Gasteiger partial charge in [0.1, 0.15) is 12.2 Å². The molecule has 0 amide bonds. The van der Waals surface area contributed by atoms with Gasteiger partial charge in [-0.15, -0.1) is 0 Å². The highest BCUT2D eigenvalue weighted by atomic mass is 32.2. The molecule has 124 valence electrons. The fourth-order valence-electron chi connectivity index (χ4n) is 2.57. The number of ether oxygens (including phenoxy) is 1. The number of aliphatic imine (C=N–C) groups is 1. The molecule has 1 aromatic rings. The van der Waals surface area contributed by atoms with Crippen molar-refractivity contribution in [3.05, 3.63) is 12.2 Å². The van der Waals surface area contributed by atoms with Gasteiger partial charge in [0.15, 0.2) is 5.96 Å². The van der Waals surface area contributed by atoms with E-state index in [2.05, 4.69) is 31.5 Å². The Labute approximate surface area is 136 Å². The van der Waals surface area contributed by atoms with E-state index in [1.165, 1.54) is 0 Å². The van der Waals surface area contributed by atoms with Gasteiger partial charge in [0.2, 0.25) is 0 Å². The summed E-state index contributed by atoms with van der Waals surface area (Å²) in [6.45, 7) is 3.25. The van der Waals surface area contributed by atoms with Gasteiger partial charge in [-0.3, -0.25) is 9.67 Å². The Kier molecular flexibility index (Phi) is 6.07. The molecular weight excluding hydrogens is 300 g/mol. The van der Waals surface area contributed by atoms with Crippen molar-refractivity contribution in [1.29, 1.82) is 0 Å². The highest BCUT2D eigenvalue weighted by Crippen LogP contribution is 2.32. The van der Waals surface area contributed by atoms with Crippen molar-refractivity contribution in [3.63, 3.8) is 0 Å². The molecule has 1 aromatic heterocycles. The van der Waals surface area contributed by atoms with Gasteiger partial charge in [0.25, 0.3) is 0 Å². The maximum Gasteiger partial charge on any atom is 0.193 e. The lowest BCUT2D eigenvalue weighted by Gasteiger charge is -2.36. The SMILES string of the molecule is CN=C(NCC1(SC)CCOCC1)N(C)Cc1ncnn1C. The summed E-state index contributed by atoms with van der Waals surface area (Å²) in [5.74, 6) is 1.79. The van der Waals surface area contributed by atoms with Crippen molar-refractivity contribution < 1.29 is 4.74 Å². The number of nitrogens with zero attached hydrogens (tertiary/aromatic N) is 5. The van der Waals surface area contributed by atoms with E-state index in [-0.39, 0.29) is 4.75 Å². The molecular formula is C14H26N6OS. The number of hydrogen-bond donors (Lipinski definition) is 1. The summed E-state index contributed by atoms with van der Waals surface area (Å²) in [5.41, 5.74) is 0. The number of aromatic nitrogens is 3. The van der Waals surface area contributed by atoms with E-state index in [0.29, 0.717) is 6.54 Å². The van der Waals surface area contributed by atoms with Crippen LogP contribution < -0.4 is 5.32 Å². The molecule has 0 aromatic carbocycles. The van der Waals surface area contributed by atoms with Gasteiger partial charge in [-0.1, -0.05) is 0 Å². The number of aryl methyl sites for hydroxylation is 1. The molecule has 1 aliphatic rings. The Morgan fingerprint density at radius 1 is 1.55 bits per heavy atom. The summed E-state index contributed by atoms with van der Waals surface area (Å²) >= 11 is 1.92. The first-order chi connectivity index (χ1) is 10.6. The van der Waals surface area contributed by atoms with Gasteiger partial charge >= 0.3 is 0 Å². The predicted octanol–water partition coefficient (Wildman–Crippen LogP) is 0.735. The van der Waals surface area contributed by atoms with Crippen LogP contribution in [-0.2, 0) is 18.3 Å². The smallest absolute Gasteiger partial charge is 0.193 e. The lowest BCUT2D eigenvalue weighted by molar-refractivity contribution is 0.0781. The van der Waals surface area contributed by atoms with E-state index in [1.807, 2.05) is 32.9 Å². The maximum atomic E-state index is 5.49. The van der Waals surface area contributed by atoms with E-state index in [4.69, 9.17) is 4.74 Å². The normalized spacial score (nSPS) is 18.3. The molecule has 2 heterocycles. The number of guanidine groups is 1. The molecule has 1 N–H and O–H groups in total. The summed E-state index contributed by atoms with van der Waals surface area (Å²) in [6, 6.07) is 0. The van der Waals surface area contributed by atoms with Crippen LogP contribution in [0.1, 0.15) is 18.7 Å². The predicted molar refractivity (Wildman–Crippen MR) is 90.1 cm³/mol. The molecule has 22 heavy (non-hydrogen) atoms. The summed E-state index contributed by atoms with van der Waals surface area (Å²) in [5, 5.41) is 7.60. The average molecular weight is 326 g/mol. The fraction of sp³-hybridized carbons (Fsp3) is 0.786. The zero-order valence-corrected chi connectivity index (χ0v) is 14.7. The number of rotatable bonds is 5. The second-order valence-electron chi connectivity index (χ2n) is 5.56. The highest BCUT2D eigenvalue weighted by Gasteiger charge is 2.32. The average Bonchev–Trinajstić information content (AvgIpc) is 2.94. The second kappa shape index (κ2) is 7.82. The molecule has 0 unspecified atom stereocenters. The molecule has 8 heteroatoms. The van der Waals surface area contributed by atoms with Gasteiger partial charge < -0.3 is 15.0 Å². The highest BCUT2D eigenvalue weighted by molar-refractivity contribution is 8.00. The Morgan fingerprint density at radius 2 is 2.27 bits per heavy atom. The van der Waals surface area contributed by atoms with Crippen molar-refractivity contribution in [1.82, 2.24) is 25.0 Å². The Bertz CT molecular complexity index is 497. The Hall–Kier alpha value is -1.28. The number of nitrogens with one attached hydrogen (secondary N) is 1. The number of thioether (sulfide) groups is 1. The van der Waals surface area contributed by atoms with Gasteiger partial charge in [-0.05, 0) is 19.1 Å². The molecule has 1 saturated heterocycles. The van der Waals surface area contributed by atoms with Crippen LogP contribution in [0, 0.1) is 0 Å². The van der Waals surface area contributed by atoms with E-state index in [1.54, 1.807) is 11.0 Å². The van der Waals surface area contributed by atoms with Crippen LogP contribution >= 0.6 is 11.8 Å². The first-order valence-corrected chi connectivity index (χ1v) is 8.70. The molecule has 0 atom stereocenters. The summed E-state index contributed by atoms with van der Waals surface area (Å²) in [4.78, 5) is 10.7. The zero-order chi connectivity index (χ0) is 16.0. The summed E-state index contributed by atoms with van der Waals surface area (Å²) in [6.07, 6.45) is 5.90. The van der Waals surface area contributed by atoms with Crippen LogP contribution in [0.25, 0.3) is 0 Å². The minimum atomic E-state index is 0.236. The van der Waals surface area contributed by atoms with Crippen LogP contribution in [0.5, 0.6) is 0 Å². The minimum Gasteiger partial charge on any atom is -0.381 e. The van der Waals surface area contributed by atoms with Gasteiger partial charge in [-0.2, -0.15) is 16.9 Å². The molecule has 7 nitrogen and oxygen atoms in total. The van der Waals surface area contributed by atoms with Crippen molar-refractivity contribution in [2.45, 2.75) is 24.1 Å². The lowest BCUT2D eigenvalue weighted by atomic mass is 9.99. The fourth-order valence-corrected chi connectivity index (χ4v) is 3.36. The van der Waals surface area contributed by atoms with Crippen LogP contribution in [0.4, 0.5) is 0 Å². The van der Waals surface area contributed by atoms with Gasteiger partial charge in [0.05, 0.1) is 6.54 Å². The Balaban J connectivity index is 1.92. The molecule has 2 rings (SSSR count). The lowest BCUT2D eigenvalue weighted by Crippen LogP contribution is -2.48. The third-order valence-corrected chi connectivity index (χ3v) is 5.58. The van der Waals surface area contributed by atoms with Crippen LogP contribution in [0.3, 0.4) is 0 Å². The van der Waals surface area contributed by atoms with Crippen LogP contribution in [0.2, 0.25) is 0 Å². The maximum absolute atomic E-state index is 5.49. The molecule has 1 aliphatic heterocycles. The first kappa shape index (κ1) is 17.1. The van der Waals surface area contributed by atoms with Crippen LogP contribution in [0.15, 0.2) is 11.3 Å². The van der Waals surface area contributed by atoms with E-state index >= 15 is 0 Å². The summed E-state index contributed by atoms with van der Waals surface area (Å²) < 4.78 is 7.51. The minimum absolute atomic E-state index is 0.236. The van der Waals surface area contributed by atoms with Gasteiger partial charge in [-0.25, -0.2) is 4.98 Å². The number of hydrogen-bond acceptors (Lipinski definition) is 5. The standard InChI is InChI=1S/C14H26N6OS/c1-15-13(19(2)9-12-17-11-18-20(12)3)16-10-14(22-4)5-7-21-8-6-14/h11H,5-10H2,1-4H3,(H,15,16). The monoisotopic (exact) mass is 326 g/mol. The molecule has 0 spiro atoms. The molecule has 0 saturated carbocycles. The molecule has 1 fully saturated rings. The van der Waals surface area contributed by atoms with Crippen molar-refractivity contribution >= 4 is 17.7 Å². The second-order valence-corrected chi connectivity index (χ2v) is 6.83.